The molecule has 1 rings (SSSR count). The maximum Gasteiger partial charge on any atom is 0.0626 e. The van der Waals surface area contributed by atoms with Gasteiger partial charge in [0.25, 0.3) is 0 Å². The quantitative estimate of drug-likeness (QED) is 0.613. The Morgan fingerprint density at radius 3 is 3.09 bits per heavy atom. The van der Waals surface area contributed by atoms with Crippen molar-refractivity contribution in [3.8, 4) is 0 Å². The van der Waals surface area contributed by atoms with Crippen LogP contribution in [-0.2, 0) is 0 Å². The molecule has 0 atom stereocenters. The average molecular weight is 153 g/mol. The van der Waals surface area contributed by atoms with Gasteiger partial charge in [0.2, 0.25) is 0 Å². The van der Waals surface area contributed by atoms with Crippen LogP contribution in [0.15, 0.2) is 16.6 Å². The fourth-order valence-corrected chi connectivity index (χ4v) is 1.22. The molecule has 2 nitrogen and oxygen atoms in total. The van der Waals surface area contributed by atoms with E-state index >= 15 is 0 Å². The first kappa shape index (κ1) is 8.47. The van der Waals surface area contributed by atoms with E-state index in [1.807, 2.05) is 6.21 Å². The summed E-state index contributed by atoms with van der Waals surface area (Å²) in [5.41, 5.74) is 1.34. The Morgan fingerprint density at radius 2 is 2.45 bits per heavy atom. The van der Waals surface area contributed by atoms with Gasteiger partial charge in [-0.3, -0.25) is 4.99 Å². The van der Waals surface area contributed by atoms with Crippen molar-refractivity contribution >= 4 is 6.21 Å². The molecule has 1 N–H and O–H groups in total. The standard InChI is InChI=1S/C9H15NO/c11-7-6-10-8-9-4-2-1-3-5-9/h4,8,11H,1-3,5-7H2. The van der Waals surface area contributed by atoms with Gasteiger partial charge in [-0.05, 0) is 31.3 Å². The number of rotatable bonds is 3. The van der Waals surface area contributed by atoms with Crippen molar-refractivity contribution in [2.45, 2.75) is 25.7 Å². The van der Waals surface area contributed by atoms with E-state index in [2.05, 4.69) is 11.1 Å². The second-order valence-corrected chi connectivity index (χ2v) is 2.78. The molecule has 0 heterocycles. The van der Waals surface area contributed by atoms with Gasteiger partial charge in [0.05, 0.1) is 13.2 Å². The predicted molar refractivity (Wildman–Crippen MR) is 47.0 cm³/mol. The molecule has 0 unspecified atom stereocenters. The summed E-state index contributed by atoms with van der Waals surface area (Å²) in [6.07, 6.45) is 9.10. The fourth-order valence-electron chi connectivity index (χ4n) is 1.22. The molecule has 62 valence electrons. The average Bonchev–Trinajstić information content (AvgIpc) is 2.07. The van der Waals surface area contributed by atoms with Crippen LogP contribution in [0.4, 0.5) is 0 Å². The Balaban J connectivity index is 2.29. The van der Waals surface area contributed by atoms with Crippen molar-refractivity contribution in [1.82, 2.24) is 0 Å². The maximum absolute atomic E-state index is 8.46. The summed E-state index contributed by atoms with van der Waals surface area (Å²) in [4.78, 5) is 4.07. The minimum Gasteiger partial charge on any atom is -0.394 e. The van der Waals surface area contributed by atoms with Crippen molar-refractivity contribution in [1.29, 1.82) is 0 Å². The molecule has 0 aliphatic heterocycles. The van der Waals surface area contributed by atoms with Gasteiger partial charge in [-0.2, -0.15) is 0 Å². The monoisotopic (exact) mass is 153 g/mol. The summed E-state index contributed by atoms with van der Waals surface area (Å²) in [7, 11) is 0. The molecule has 1 aliphatic carbocycles. The third kappa shape index (κ3) is 3.33. The fraction of sp³-hybridized carbons (Fsp3) is 0.667. The lowest BCUT2D eigenvalue weighted by molar-refractivity contribution is 0.307. The minimum absolute atomic E-state index is 0.157. The van der Waals surface area contributed by atoms with E-state index in [0.717, 1.165) is 6.42 Å². The molecule has 0 aromatic carbocycles. The largest absolute Gasteiger partial charge is 0.394 e. The Morgan fingerprint density at radius 1 is 1.55 bits per heavy atom. The van der Waals surface area contributed by atoms with Crippen LogP contribution in [0.1, 0.15) is 25.7 Å². The highest BCUT2D eigenvalue weighted by Gasteiger charge is 1.99. The van der Waals surface area contributed by atoms with Gasteiger partial charge in [0.1, 0.15) is 0 Å². The molecule has 0 saturated heterocycles. The topological polar surface area (TPSA) is 32.6 Å². The van der Waals surface area contributed by atoms with E-state index < -0.39 is 0 Å². The van der Waals surface area contributed by atoms with E-state index in [-0.39, 0.29) is 6.61 Å². The Kier molecular flexibility index (Phi) is 3.91. The van der Waals surface area contributed by atoms with Crippen molar-refractivity contribution in [2.75, 3.05) is 13.2 Å². The lowest BCUT2D eigenvalue weighted by atomic mass is 10.0. The smallest absolute Gasteiger partial charge is 0.0626 e. The first-order valence-electron chi connectivity index (χ1n) is 4.23. The normalized spacial score (nSPS) is 18.8. The number of aliphatic hydroxyl groups excluding tert-OH is 1. The SMILES string of the molecule is OCCN=CC1=CCCCC1. The molecular weight excluding hydrogens is 138 g/mol. The van der Waals surface area contributed by atoms with Crippen molar-refractivity contribution < 1.29 is 5.11 Å². The molecule has 0 aromatic rings. The van der Waals surface area contributed by atoms with Crippen molar-refractivity contribution in [3.05, 3.63) is 11.6 Å². The first-order chi connectivity index (χ1) is 5.43. The summed E-state index contributed by atoms with van der Waals surface area (Å²) in [5, 5.41) is 8.46. The van der Waals surface area contributed by atoms with E-state index in [1.54, 1.807) is 0 Å². The highest BCUT2D eigenvalue weighted by Crippen LogP contribution is 2.15. The summed E-state index contributed by atoms with van der Waals surface area (Å²) >= 11 is 0. The first-order valence-corrected chi connectivity index (χ1v) is 4.23. The zero-order valence-corrected chi connectivity index (χ0v) is 6.79. The number of hydrogen-bond acceptors (Lipinski definition) is 2. The molecule has 2 heteroatoms. The zero-order valence-electron chi connectivity index (χ0n) is 6.79. The zero-order chi connectivity index (χ0) is 7.94. The second-order valence-electron chi connectivity index (χ2n) is 2.78. The molecular formula is C9H15NO. The number of aliphatic imine (C=N–C) groups is 1. The van der Waals surface area contributed by atoms with E-state index in [1.165, 1.54) is 24.8 Å². The molecule has 0 spiro atoms. The lowest BCUT2D eigenvalue weighted by Gasteiger charge is -2.06. The van der Waals surface area contributed by atoms with Crippen LogP contribution in [-0.4, -0.2) is 24.5 Å². The van der Waals surface area contributed by atoms with Crippen LogP contribution in [0.2, 0.25) is 0 Å². The highest BCUT2D eigenvalue weighted by molar-refractivity contribution is 5.78. The Hall–Kier alpha value is -0.630. The number of nitrogens with zero attached hydrogens (tertiary/aromatic N) is 1. The molecule has 0 fully saturated rings. The van der Waals surface area contributed by atoms with Crippen LogP contribution in [0, 0.1) is 0 Å². The second kappa shape index (κ2) is 5.08. The van der Waals surface area contributed by atoms with Crippen molar-refractivity contribution in [2.24, 2.45) is 4.99 Å². The van der Waals surface area contributed by atoms with E-state index in [9.17, 15) is 0 Å². The molecule has 0 saturated carbocycles. The molecule has 0 radical (unpaired) electrons. The summed E-state index contributed by atoms with van der Waals surface area (Å²) in [6, 6.07) is 0. The Bertz CT molecular complexity index is 161. The van der Waals surface area contributed by atoms with Crippen LogP contribution < -0.4 is 0 Å². The summed E-state index contributed by atoms with van der Waals surface area (Å²) in [5.74, 6) is 0. The number of aliphatic hydroxyl groups is 1. The van der Waals surface area contributed by atoms with E-state index in [0.29, 0.717) is 6.54 Å². The van der Waals surface area contributed by atoms with Gasteiger partial charge in [-0.1, -0.05) is 6.08 Å². The highest BCUT2D eigenvalue weighted by atomic mass is 16.3. The summed E-state index contributed by atoms with van der Waals surface area (Å²) < 4.78 is 0. The molecule has 0 bridgehead atoms. The third-order valence-electron chi connectivity index (χ3n) is 1.81. The van der Waals surface area contributed by atoms with E-state index in [4.69, 9.17) is 5.11 Å². The van der Waals surface area contributed by atoms with Gasteiger partial charge < -0.3 is 5.11 Å². The lowest BCUT2D eigenvalue weighted by Crippen LogP contribution is -1.94. The Labute approximate surface area is 67.7 Å². The number of hydrogen-bond donors (Lipinski definition) is 1. The van der Waals surface area contributed by atoms with Crippen molar-refractivity contribution in [3.63, 3.8) is 0 Å². The van der Waals surface area contributed by atoms with Crippen LogP contribution in [0.3, 0.4) is 0 Å². The molecule has 0 amide bonds. The van der Waals surface area contributed by atoms with Gasteiger partial charge in [-0.15, -0.1) is 0 Å². The maximum atomic E-state index is 8.46. The van der Waals surface area contributed by atoms with Crippen LogP contribution >= 0.6 is 0 Å². The van der Waals surface area contributed by atoms with Crippen LogP contribution in [0.5, 0.6) is 0 Å². The van der Waals surface area contributed by atoms with Gasteiger partial charge in [0.15, 0.2) is 0 Å². The molecule has 11 heavy (non-hydrogen) atoms. The number of allylic oxidation sites excluding steroid dienone is 2. The van der Waals surface area contributed by atoms with Gasteiger partial charge in [-0.25, -0.2) is 0 Å². The third-order valence-corrected chi connectivity index (χ3v) is 1.81. The van der Waals surface area contributed by atoms with Crippen LogP contribution in [0.25, 0.3) is 0 Å². The van der Waals surface area contributed by atoms with Gasteiger partial charge >= 0.3 is 0 Å². The minimum atomic E-state index is 0.157. The van der Waals surface area contributed by atoms with Gasteiger partial charge in [0, 0.05) is 6.21 Å². The summed E-state index contributed by atoms with van der Waals surface area (Å²) in [6.45, 7) is 0.696. The predicted octanol–water partition coefficient (Wildman–Crippen LogP) is 1.55. The molecule has 0 aromatic heterocycles. The molecule has 1 aliphatic rings.